The first-order valence-electron chi connectivity index (χ1n) is 7.73. The van der Waals surface area contributed by atoms with Crippen molar-refractivity contribution in [2.24, 2.45) is 0 Å². The lowest BCUT2D eigenvalue weighted by Gasteiger charge is -2.29. The molecule has 1 aliphatic rings. The van der Waals surface area contributed by atoms with E-state index in [0.29, 0.717) is 12.6 Å². The molecule has 6 nitrogen and oxygen atoms in total. The summed E-state index contributed by atoms with van der Waals surface area (Å²) in [6.07, 6.45) is 3.00. The van der Waals surface area contributed by atoms with E-state index in [1.165, 1.54) is 0 Å². The van der Waals surface area contributed by atoms with Gasteiger partial charge in [0, 0.05) is 31.2 Å². The first-order valence-corrected chi connectivity index (χ1v) is 7.73. The number of aromatic nitrogens is 2. The maximum atomic E-state index is 10.1. The standard InChI is InChI=1S/C15H27N5O/c1-5-13-14(16-6-2)17-10-18-15(13)20-9-12(21)7-11(20)8-19(3)4/h10-12,21H,5-9H2,1-4H3,(H,16,17,18). The number of hydrogen-bond acceptors (Lipinski definition) is 6. The number of nitrogens with zero attached hydrogens (tertiary/aromatic N) is 4. The second-order valence-corrected chi connectivity index (χ2v) is 5.87. The van der Waals surface area contributed by atoms with Crippen LogP contribution >= 0.6 is 0 Å². The van der Waals surface area contributed by atoms with Crippen LogP contribution in [0.5, 0.6) is 0 Å². The SMILES string of the molecule is CCNc1ncnc(N2CC(O)CC2CN(C)C)c1CC. The molecule has 21 heavy (non-hydrogen) atoms. The molecule has 1 aromatic rings. The Kier molecular flexibility index (Phi) is 5.36. The molecular formula is C15H27N5O. The minimum atomic E-state index is -0.280. The van der Waals surface area contributed by atoms with Crippen LogP contribution < -0.4 is 10.2 Å². The zero-order valence-corrected chi connectivity index (χ0v) is 13.5. The van der Waals surface area contributed by atoms with Crippen LogP contribution in [0.1, 0.15) is 25.8 Å². The van der Waals surface area contributed by atoms with Gasteiger partial charge in [-0.05, 0) is 33.9 Å². The highest BCUT2D eigenvalue weighted by atomic mass is 16.3. The third-order valence-corrected chi connectivity index (χ3v) is 3.86. The van der Waals surface area contributed by atoms with Crippen LogP contribution in [0.15, 0.2) is 6.33 Å². The van der Waals surface area contributed by atoms with Gasteiger partial charge in [0.25, 0.3) is 0 Å². The van der Waals surface area contributed by atoms with Gasteiger partial charge < -0.3 is 20.2 Å². The number of likely N-dealkylation sites (N-methyl/N-ethyl adjacent to an activating group) is 1. The largest absolute Gasteiger partial charge is 0.391 e. The molecule has 118 valence electrons. The lowest BCUT2D eigenvalue weighted by molar-refractivity contribution is 0.191. The molecule has 2 rings (SSSR count). The summed E-state index contributed by atoms with van der Waals surface area (Å²) in [5.74, 6) is 1.88. The van der Waals surface area contributed by atoms with Crippen LogP contribution in [-0.4, -0.2) is 65.8 Å². The average Bonchev–Trinajstić information content (AvgIpc) is 2.78. The van der Waals surface area contributed by atoms with Gasteiger partial charge in [-0.25, -0.2) is 9.97 Å². The quantitative estimate of drug-likeness (QED) is 0.815. The van der Waals surface area contributed by atoms with E-state index in [4.69, 9.17) is 0 Å². The fraction of sp³-hybridized carbons (Fsp3) is 0.733. The molecule has 2 atom stereocenters. The molecule has 1 fully saturated rings. The Morgan fingerprint density at radius 2 is 2.14 bits per heavy atom. The van der Waals surface area contributed by atoms with Gasteiger partial charge >= 0.3 is 0 Å². The van der Waals surface area contributed by atoms with Gasteiger partial charge in [-0.15, -0.1) is 0 Å². The topological polar surface area (TPSA) is 64.5 Å². The Bertz CT molecular complexity index is 465. The second kappa shape index (κ2) is 7.04. The van der Waals surface area contributed by atoms with E-state index in [2.05, 4.69) is 53.0 Å². The van der Waals surface area contributed by atoms with Crippen molar-refractivity contribution in [1.82, 2.24) is 14.9 Å². The van der Waals surface area contributed by atoms with Crippen molar-refractivity contribution in [2.45, 2.75) is 38.8 Å². The predicted octanol–water partition coefficient (Wildman–Crippen LogP) is 0.972. The van der Waals surface area contributed by atoms with Gasteiger partial charge in [0.15, 0.2) is 0 Å². The first kappa shape index (κ1) is 16.0. The molecular weight excluding hydrogens is 266 g/mol. The van der Waals surface area contributed by atoms with Gasteiger partial charge in [0.1, 0.15) is 18.0 Å². The summed E-state index contributed by atoms with van der Waals surface area (Å²) in [7, 11) is 4.13. The van der Waals surface area contributed by atoms with Gasteiger partial charge in [0.2, 0.25) is 0 Å². The van der Waals surface area contributed by atoms with Crippen molar-refractivity contribution in [3.8, 4) is 0 Å². The summed E-state index contributed by atoms with van der Waals surface area (Å²) in [4.78, 5) is 13.3. The molecule has 2 heterocycles. The highest BCUT2D eigenvalue weighted by molar-refractivity contribution is 5.60. The number of aliphatic hydroxyl groups is 1. The molecule has 0 amide bonds. The summed E-state index contributed by atoms with van der Waals surface area (Å²) in [6.45, 7) is 6.59. The van der Waals surface area contributed by atoms with Crippen molar-refractivity contribution in [3.63, 3.8) is 0 Å². The van der Waals surface area contributed by atoms with Gasteiger partial charge in [-0.3, -0.25) is 0 Å². The molecule has 0 bridgehead atoms. The number of aliphatic hydroxyl groups excluding tert-OH is 1. The van der Waals surface area contributed by atoms with Crippen molar-refractivity contribution in [2.75, 3.05) is 43.9 Å². The van der Waals surface area contributed by atoms with Crippen molar-refractivity contribution in [1.29, 1.82) is 0 Å². The summed E-state index contributed by atoms with van der Waals surface area (Å²) < 4.78 is 0. The number of β-amino-alcohol motifs (C(OH)–C–C–N with tert-alkyl or cyclic N) is 1. The monoisotopic (exact) mass is 293 g/mol. The Labute approximate surface area is 127 Å². The van der Waals surface area contributed by atoms with Gasteiger partial charge in [-0.1, -0.05) is 6.92 Å². The Morgan fingerprint density at radius 1 is 1.38 bits per heavy atom. The molecule has 1 saturated heterocycles. The summed E-state index contributed by atoms with van der Waals surface area (Å²) >= 11 is 0. The molecule has 0 aromatic carbocycles. The van der Waals surface area contributed by atoms with Crippen LogP contribution in [-0.2, 0) is 6.42 Å². The van der Waals surface area contributed by atoms with Crippen LogP contribution in [0.25, 0.3) is 0 Å². The van der Waals surface area contributed by atoms with Crippen LogP contribution in [0.4, 0.5) is 11.6 Å². The Morgan fingerprint density at radius 3 is 2.76 bits per heavy atom. The first-order chi connectivity index (χ1) is 10.1. The Balaban J connectivity index is 2.32. The van der Waals surface area contributed by atoms with Crippen molar-refractivity contribution >= 4 is 11.6 Å². The van der Waals surface area contributed by atoms with E-state index < -0.39 is 0 Å². The molecule has 2 unspecified atom stereocenters. The number of nitrogens with one attached hydrogen (secondary N) is 1. The van der Waals surface area contributed by atoms with E-state index in [0.717, 1.165) is 43.1 Å². The molecule has 1 aromatic heterocycles. The lowest BCUT2D eigenvalue weighted by atomic mass is 10.1. The molecule has 0 radical (unpaired) electrons. The Hall–Kier alpha value is -1.40. The molecule has 1 aliphatic heterocycles. The van der Waals surface area contributed by atoms with Crippen LogP contribution in [0, 0.1) is 0 Å². The fourth-order valence-electron chi connectivity index (χ4n) is 3.04. The summed E-state index contributed by atoms with van der Waals surface area (Å²) in [5.41, 5.74) is 1.14. The molecule has 6 heteroatoms. The van der Waals surface area contributed by atoms with E-state index in [9.17, 15) is 5.11 Å². The molecule has 2 N–H and O–H groups in total. The minimum Gasteiger partial charge on any atom is -0.391 e. The number of hydrogen-bond donors (Lipinski definition) is 2. The van der Waals surface area contributed by atoms with Crippen molar-refractivity contribution in [3.05, 3.63) is 11.9 Å². The lowest BCUT2D eigenvalue weighted by Crippen LogP contribution is -2.38. The van der Waals surface area contributed by atoms with Gasteiger partial charge in [0.05, 0.1) is 6.10 Å². The summed E-state index contributed by atoms with van der Waals surface area (Å²) in [5, 5.41) is 13.4. The average molecular weight is 293 g/mol. The van der Waals surface area contributed by atoms with Crippen LogP contribution in [0.2, 0.25) is 0 Å². The maximum absolute atomic E-state index is 10.1. The van der Waals surface area contributed by atoms with E-state index in [1.807, 2.05) is 0 Å². The van der Waals surface area contributed by atoms with E-state index in [1.54, 1.807) is 6.33 Å². The highest BCUT2D eigenvalue weighted by Crippen LogP contribution is 2.30. The van der Waals surface area contributed by atoms with E-state index >= 15 is 0 Å². The third kappa shape index (κ3) is 3.63. The summed E-state index contributed by atoms with van der Waals surface area (Å²) in [6, 6.07) is 0.296. The second-order valence-electron chi connectivity index (χ2n) is 5.87. The number of rotatable bonds is 6. The smallest absolute Gasteiger partial charge is 0.137 e. The normalized spacial score (nSPS) is 22.1. The molecule has 0 saturated carbocycles. The minimum absolute atomic E-state index is 0.280. The highest BCUT2D eigenvalue weighted by Gasteiger charge is 2.33. The molecule has 0 aliphatic carbocycles. The predicted molar refractivity (Wildman–Crippen MR) is 85.9 cm³/mol. The van der Waals surface area contributed by atoms with Gasteiger partial charge in [-0.2, -0.15) is 0 Å². The van der Waals surface area contributed by atoms with Crippen molar-refractivity contribution < 1.29 is 5.11 Å². The maximum Gasteiger partial charge on any atom is 0.137 e. The fourth-order valence-corrected chi connectivity index (χ4v) is 3.04. The third-order valence-electron chi connectivity index (χ3n) is 3.86. The zero-order chi connectivity index (χ0) is 15.4. The molecule has 0 spiro atoms. The van der Waals surface area contributed by atoms with E-state index in [-0.39, 0.29) is 6.10 Å². The number of anilines is 2. The zero-order valence-electron chi connectivity index (χ0n) is 13.5. The van der Waals surface area contributed by atoms with Crippen LogP contribution in [0.3, 0.4) is 0 Å².